The van der Waals surface area contributed by atoms with Gasteiger partial charge in [0.15, 0.2) is 5.72 Å². The number of ether oxygens (including phenoxy) is 1. The van der Waals surface area contributed by atoms with Crippen molar-refractivity contribution in [3.05, 3.63) is 71.3 Å². The first-order chi connectivity index (χ1) is 13.6. The van der Waals surface area contributed by atoms with Crippen LogP contribution in [0.4, 0.5) is 0 Å². The Balaban J connectivity index is 1.37. The highest BCUT2D eigenvalue weighted by atomic mass is 16.5. The Morgan fingerprint density at radius 1 is 1.11 bits per heavy atom. The summed E-state index contributed by atoms with van der Waals surface area (Å²) in [6.45, 7) is 6.90. The summed E-state index contributed by atoms with van der Waals surface area (Å²) in [5.74, 6) is 0.781. The number of carbonyl (C=O) groups is 1. The molecule has 0 radical (unpaired) electrons. The summed E-state index contributed by atoms with van der Waals surface area (Å²) < 4.78 is 6.41. The molecule has 0 N–H and O–H groups in total. The quantitative estimate of drug-likeness (QED) is 0.806. The van der Waals surface area contributed by atoms with Crippen LogP contribution in [-0.4, -0.2) is 40.6 Å². The molecule has 0 unspecified atom stereocenters. The van der Waals surface area contributed by atoms with Crippen LogP contribution < -0.4 is 0 Å². The molecule has 3 fully saturated rings. The summed E-state index contributed by atoms with van der Waals surface area (Å²) in [5, 5.41) is 0. The number of rotatable bonds is 4. The molecule has 146 valence electrons. The van der Waals surface area contributed by atoms with Crippen molar-refractivity contribution in [2.24, 2.45) is 0 Å². The van der Waals surface area contributed by atoms with Crippen LogP contribution in [0.1, 0.15) is 55.3 Å². The number of carbonyl (C=O) groups excluding carboxylic acids is 1. The van der Waals surface area contributed by atoms with E-state index in [4.69, 9.17) is 4.74 Å². The lowest BCUT2D eigenvalue weighted by atomic mass is 10.0. The van der Waals surface area contributed by atoms with Gasteiger partial charge in [0.1, 0.15) is 0 Å². The fraction of sp³-hybridized carbons (Fsp3) is 0.458. The van der Waals surface area contributed by atoms with Crippen molar-refractivity contribution < 1.29 is 9.53 Å². The van der Waals surface area contributed by atoms with Crippen LogP contribution in [0.15, 0.2) is 54.6 Å². The second kappa shape index (κ2) is 6.71. The maximum atomic E-state index is 13.0. The summed E-state index contributed by atoms with van der Waals surface area (Å²) in [7, 11) is 0. The minimum Gasteiger partial charge on any atom is -0.351 e. The topological polar surface area (TPSA) is 32.8 Å². The van der Waals surface area contributed by atoms with Gasteiger partial charge in [-0.1, -0.05) is 68.4 Å². The van der Waals surface area contributed by atoms with Gasteiger partial charge >= 0.3 is 0 Å². The Hall–Kier alpha value is -2.17. The van der Waals surface area contributed by atoms with Crippen molar-refractivity contribution in [3.8, 4) is 0 Å². The number of amides is 1. The van der Waals surface area contributed by atoms with Crippen LogP contribution in [0, 0.1) is 0 Å². The number of hydrogen-bond acceptors (Lipinski definition) is 3. The van der Waals surface area contributed by atoms with Gasteiger partial charge < -0.3 is 9.64 Å². The van der Waals surface area contributed by atoms with E-state index < -0.39 is 5.72 Å². The first kappa shape index (κ1) is 17.9. The molecule has 2 aromatic carbocycles. The van der Waals surface area contributed by atoms with Gasteiger partial charge in [-0.25, -0.2) is 0 Å². The predicted octanol–water partition coefficient (Wildman–Crippen LogP) is 4.08. The van der Waals surface area contributed by atoms with E-state index in [1.165, 1.54) is 16.7 Å². The molecule has 0 saturated carbocycles. The molecule has 0 aromatic heterocycles. The molecule has 2 aromatic rings. The fourth-order valence-electron chi connectivity index (χ4n) is 5.28. The van der Waals surface area contributed by atoms with Crippen LogP contribution in [0.5, 0.6) is 0 Å². The molecule has 0 aliphatic carbocycles. The smallest absolute Gasteiger partial charge is 0.227 e. The molecular formula is C24H28N2O2. The molecule has 1 amide bonds. The molecule has 3 aliphatic rings. The van der Waals surface area contributed by atoms with Crippen molar-refractivity contribution in [2.75, 3.05) is 13.2 Å². The summed E-state index contributed by atoms with van der Waals surface area (Å²) in [6, 6.07) is 19.4. The van der Waals surface area contributed by atoms with E-state index in [-0.39, 0.29) is 18.0 Å². The van der Waals surface area contributed by atoms with Gasteiger partial charge in [0.05, 0.1) is 18.7 Å². The lowest BCUT2D eigenvalue weighted by Gasteiger charge is -2.33. The minimum atomic E-state index is -0.435. The molecule has 4 heteroatoms. The first-order valence-electron chi connectivity index (χ1n) is 10.4. The van der Waals surface area contributed by atoms with Crippen molar-refractivity contribution in [3.63, 3.8) is 0 Å². The molecular weight excluding hydrogens is 348 g/mol. The van der Waals surface area contributed by atoms with Crippen molar-refractivity contribution in [2.45, 2.75) is 57.0 Å². The van der Waals surface area contributed by atoms with E-state index >= 15 is 0 Å². The number of likely N-dealkylation sites (tertiary alicyclic amines) is 1. The third kappa shape index (κ3) is 2.70. The Morgan fingerprint density at radius 3 is 2.57 bits per heavy atom. The molecule has 3 heterocycles. The van der Waals surface area contributed by atoms with Crippen molar-refractivity contribution >= 4 is 5.91 Å². The average molecular weight is 377 g/mol. The molecule has 3 atom stereocenters. The van der Waals surface area contributed by atoms with E-state index in [1.807, 2.05) is 18.2 Å². The van der Waals surface area contributed by atoms with E-state index in [9.17, 15) is 4.79 Å². The van der Waals surface area contributed by atoms with Crippen LogP contribution in [0.3, 0.4) is 0 Å². The third-order valence-corrected chi connectivity index (χ3v) is 6.78. The highest BCUT2D eigenvalue weighted by molar-refractivity contribution is 5.82. The lowest BCUT2D eigenvalue weighted by molar-refractivity contribution is -0.138. The molecule has 1 spiro atoms. The monoisotopic (exact) mass is 376 g/mol. The zero-order chi connectivity index (χ0) is 19.3. The molecule has 0 bridgehead atoms. The maximum Gasteiger partial charge on any atom is 0.227 e. The summed E-state index contributed by atoms with van der Waals surface area (Å²) in [4.78, 5) is 17.5. The Morgan fingerprint density at radius 2 is 1.86 bits per heavy atom. The molecule has 5 rings (SSSR count). The normalized spacial score (nSPS) is 29.5. The number of nitrogens with zero attached hydrogens (tertiary/aromatic N) is 2. The molecule has 28 heavy (non-hydrogen) atoms. The molecule has 3 saturated heterocycles. The summed E-state index contributed by atoms with van der Waals surface area (Å²) in [6.07, 6.45) is 1.46. The second-order valence-corrected chi connectivity index (χ2v) is 8.68. The van der Waals surface area contributed by atoms with Crippen LogP contribution in [0.2, 0.25) is 0 Å². The lowest BCUT2D eigenvalue weighted by Crippen LogP contribution is -2.48. The molecule has 4 nitrogen and oxygen atoms in total. The van der Waals surface area contributed by atoms with Gasteiger partial charge in [-0.3, -0.25) is 9.69 Å². The van der Waals surface area contributed by atoms with Gasteiger partial charge in [0, 0.05) is 25.9 Å². The third-order valence-electron chi connectivity index (χ3n) is 6.78. The maximum absolute atomic E-state index is 13.0. The highest BCUT2D eigenvalue weighted by Gasteiger charge is 2.64. The van der Waals surface area contributed by atoms with E-state index in [1.54, 1.807) is 0 Å². The SMILES string of the molecule is CC(C)c1ccc(CN2CC[C@@]34OC[C@@H](c5ccccc5)N3C(=O)C[C@@H]24)cc1. The highest BCUT2D eigenvalue weighted by Crippen LogP contribution is 2.51. The van der Waals surface area contributed by atoms with Crippen molar-refractivity contribution in [1.82, 2.24) is 9.80 Å². The first-order valence-corrected chi connectivity index (χ1v) is 10.4. The number of benzene rings is 2. The van der Waals surface area contributed by atoms with Gasteiger partial charge in [-0.05, 0) is 22.6 Å². The van der Waals surface area contributed by atoms with Gasteiger partial charge in [0.2, 0.25) is 5.91 Å². The number of hydrogen-bond donors (Lipinski definition) is 0. The van der Waals surface area contributed by atoms with Crippen LogP contribution in [-0.2, 0) is 16.1 Å². The second-order valence-electron chi connectivity index (χ2n) is 8.68. The largest absolute Gasteiger partial charge is 0.351 e. The Labute approximate surface area is 167 Å². The van der Waals surface area contributed by atoms with Crippen LogP contribution >= 0.6 is 0 Å². The Kier molecular flexibility index (Phi) is 4.29. The van der Waals surface area contributed by atoms with E-state index in [0.717, 1.165) is 19.5 Å². The van der Waals surface area contributed by atoms with E-state index in [2.05, 4.69) is 60.0 Å². The Bertz CT molecular complexity index is 864. The van der Waals surface area contributed by atoms with Gasteiger partial charge in [-0.2, -0.15) is 0 Å². The fourth-order valence-corrected chi connectivity index (χ4v) is 5.28. The zero-order valence-corrected chi connectivity index (χ0v) is 16.7. The van der Waals surface area contributed by atoms with Crippen LogP contribution in [0.25, 0.3) is 0 Å². The van der Waals surface area contributed by atoms with E-state index in [0.29, 0.717) is 18.9 Å². The minimum absolute atomic E-state index is 0.0453. The zero-order valence-electron chi connectivity index (χ0n) is 16.7. The van der Waals surface area contributed by atoms with Gasteiger partial charge in [0.25, 0.3) is 0 Å². The van der Waals surface area contributed by atoms with Crippen molar-refractivity contribution in [1.29, 1.82) is 0 Å². The standard InChI is InChI=1S/C24H28N2O2/c1-17(2)19-10-8-18(9-11-19)15-25-13-12-24-22(25)14-23(27)26(24)21(16-28-24)20-6-4-3-5-7-20/h3-11,17,21-22H,12-16H2,1-2H3/t21-,22+,24-/m0/s1. The summed E-state index contributed by atoms with van der Waals surface area (Å²) >= 11 is 0. The van der Waals surface area contributed by atoms with Gasteiger partial charge in [-0.15, -0.1) is 0 Å². The summed E-state index contributed by atoms with van der Waals surface area (Å²) in [5.41, 5.74) is 3.42. The molecule has 3 aliphatic heterocycles. The average Bonchev–Trinajstić information content (AvgIpc) is 3.33. The predicted molar refractivity (Wildman–Crippen MR) is 109 cm³/mol.